The van der Waals surface area contributed by atoms with E-state index in [-0.39, 0.29) is 0 Å². The Morgan fingerprint density at radius 2 is 1.56 bits per heavy atom. The van der Waals surface area contributed by atoms with Gasteiger partial charge in [-0.05, 0) is 29.2 Å². The van der Waals surface area contributed by atoms with Crippen molar-refractivity contribution in [2.75, 3.05) is 0 Å². The highest BCUT2D eigenvalue weighted by molar-refractivity contribution is 5.70. The Bertz CT molecular complexity index is 518. The molecule has 0 unspecified atom stereocenters. The van der Waals surface area contributed by atoms with Crippen LogP contribution in [0.3, 0.4) is 0 Å². The first kappa shape index (κ1) is 14.0. The zero-order valence-electron chi connectivity index (χ0n) is 11.3. The first-order chi connectivity index (χ1) is 8.85. The van der Waals surface area contributed by atoms with Crippen LogP contribution in [0.4, 0.5) is 0 Å². The first-order valence-corrected chi connectivity index (χ1v) is 6.43. The SMILES string of the molecule is CC.CCc1ccc(-c2ccccc2C#N)cc1. The summed E-state index contributed by atoms with van der Waals surface area (Å²) in [5, 5.41) is 9.03. The van der Waals surface area contributed by atoms with Crippen LogP contribution in [0.25, 0.3) is 11.1 Å². The molecular weight excluding hydrogens is 218 g/mol. The molecule has 0 atom stereocenters. The van der Waals surface area contributed by atoms with Gasteiger partial charge in [-0.15, -0.1) is 0 Å². The number of benzene rings is 2. The Morgan fingerprint density at radius 1 is 0.944 bits per heavy atom. The van der Waals surface area contributed by atoms with Crippen LogP contribution >= 0.6 is 0 Å². The van der Waals surface area contributed by atoms with Gasteiger partial charge in [0, 0.05) is 0 Å². The van der Waals surface area contributed by atoms with Gasteiger partial charge >= 0.3 is 0 Å². The molecule has 18 heavy (non-hydrogen) atoms. The summed E-state index contributed by atoms with van der Waals surface area (Å²) >= 11 is 0. The van der Waals surface area contributed by atoms with Gasteiger partial charge < -0.3 is 0 Å². The molecule has 0 aliphatic heterocycles. The molecule has 2 aromatic rings. The van der Waals surface area contributed by atoms with Crippen molar-refractivity contribution in [2.24, 2.45) is 0 Å². The van der Waals surface area contributed by atoms with Gasteiger partial charge in [-0.3, -0.25) is 0 Å². The molecule has 0 amide bonds. The lowest BCUT2D eigenvalue weighted by Crippen LogP contribution is -1.85. The minimum absolute atomic E-state index is 0.728. The zero-order valence-corrected chi connectivity index (χ0v) is 11.3. The minimum Gasteiger partial charge on any atom is -0.192 e. The predicted molar refractivity (Wildman–Crippen MR) is 77.3 cm³/mol. The summed E-state index contributed by atoms with van der Waals surface area (Å²) in [4.78, 5) is 0. The molecule has 0 saturated heterocycles. The molecule has 0 N–H and O–H groups in total. The lowest BCUT2D eigenvalue weighted by Gasteiger charge is -2.04. The van der Waals surface area contributed by atoms with Gasteiger partial charge in [0.15, 0.2) is 0 Å². The highest BCUT2D eigenvalue weighted by Crippen LogP contribution is 2.23. The summed E-state index contributed by atoms with van der Waals surface area (Å²) in [6.07, 6.45) is 1.04. The summed E-state index contributed by atoms with van der Waals surface area (Å²) in [6.45, 7) is 6.14. The third kappa shape index (κ3) is 3.21. The molecule has 2 rings (SSSR count). The molecule has 0 spiro atoms. The summed E-state index contributed by atoms with van der Waals surface area (Å²) in [7, 11) is 0. The van der Waals surface area contributed by atoms with E-state index >= 15 is 0 Å². The van der Waals surface area contributed by atoms with E-state index in [0.717, 1.165) is 23.1 Å². The highest BCUT2D eigenvalue weighted by Gasteiger charge is 2.02. The molecule has 0 fully saturated rings. The van der Waals surface area contributed by atoms with Gasteiger partial charge in [0.05, 0.1) is 11.6 Å². The average Bonchev–Trinajstić information content (AvgIpc) is 2.49. The minimum atomic E-state index is 0.728. The largest absolute Gasteiger partial charge is 0.192 e. The lowest BCUT2D eigenvalue weighted by atomic mass is 9.99. The molecule has 0 radical (unpaired) electrons. The van der Waals surface area contributed by atoms with Gasteiger partial charge in [-0.25, -0.2) is 0 Å². The van der Waals surface area contributed by atoms with E-state index in [9.17, 15) is 0 Å². The van der Waals surface area contributed by atoms with Crippen LogP contribution in [0.15, 0.2) is 48.5 Å². The van der Waals surface area contributed by atoms with Crippen LogP contribution in [0, 0.1) is 11.3 Å². The normalized spacial score (nSPS) is 9.00. The topological polar surface area (TPSA) is 23.8 Å². The Morgan fingerprint density at radius 3 is 2.11 bits per heavy atom. The Kier molecular flexibility index (Phi) is 5.67. The molecule has 1 heteroatoms. The van der Waals surface area contributed by atoms with Crippen molar-refractivity contribution in [1.82, 2.24) is 0 Å². The molecule has 0 heterocycles. The van der Waals surface area contributed by atoms with Crippen LogP contribution in [0.2, 0.25) is 0 Å². The fraction of sp³-hybridized carbons (Fsp3) is 0.235. The van der Waals surface area contributed by atoms with E-state index < -0.39 is 0 Å². The van der Waals surface area contributed by atoms with Crippen LogP contribution in [0.5, 0.6) is 0 Å². The molecular formula is C17H19N. The molecule has 0 saturated carbocycles. The maximum atomic E-state index is 9.03. The smallest absolute Gasteiger partial charge is 0.0998 e. The molecule has 0 aliphatic carbocycles. The Hall–Kier alpha value is -2.07. The van der Waals surface area contributed by atoms with Crippen molar-refractivity contribution < 1.29 is 0 Å². The number of aryl methyl sites for hydroxylation is 1. The Labute approximate surface area is 110 Å². The zero-order chi connectivity index (χ0) is 13.4. The second-order valence-electron chi connectivity index (χ2n) is 3.71. The van der Waals surface area contributed by atoms with E-state index in [4.69, 9.17) is 5.26 Å². The van der Waals surface area contributed by atoms with Crippen LogP contribution in [-0.4, -0.2) is 0 Å². The number of nitriles is 1. The molecule has 92 valence electrons. The quantitative estimate of drug-likeness (QED) is 0.735. The summed E-state index contributed by atoms with van der Waals surface area (Å²) in [5.74, 6) is 0. The van der Waals surface area contributed by atoms with Crippen molar-refractivity contribution >= 4 is 0 Å². The van der Waals surface area contributed by atoms with Crippen LogP contribution < -0.4 is 0 Å². The maximum absolute atomic E-state index is 9.03. The van der Waals surface area contributed by atoms with Crippen molar-refractivity contribution in [3.8, 4) is 17.2 Å². The van der Waals surface area contributed by atoms with Crippen LogP contribution in [0.1, 0.15) is 31.9 Å². The fourth-order valence-corrected chi connectivity index (χ4v) is 1.75. The second-order valence-corrected chi connectivity index (χ2v) is 3.71. The van der Waals surface area contributed by atoms with Gasteiger partial charge in [0.25, 0.3) is 0 Å². The van der Waals surface area contributed by atoms with Crippen molar-refractivity contribution in [2.45, 2.75) is 27.2 Å². The van der Waals surface area contributed by atoms with E-state index in [1.807, 2.05) is 38.1 Å². The molecule has 1 nitrogen and oxygen atoms in total. The third-order valence-corrected chi connectivity index (χ3v) is 2.72. The maximum Gasteiger partial charge on any atom is 0.0998 e. The summed E-state index contributed by atoms with van der Waals surface area (Å²) < 4.78 is 0. The van der Waals surface area contributed by atoms with Gasteiger partial charge in [-0.2, -0.15) is 5.26 Å². The highest BCUT2D eigenvalue weighted by atomic mass is 14.2. The van der Waals surface area contributed by atoms with Crippen molar-refractivity contribution in [1.29, 1.82) is 5.26 Å². The van der Waals surface area contributed by atoms with E-state index in [0.29, 0.717) is 0 Å². The molecule has 0 aromatic heterocycles. The molecule has 0 aliphatic rings. The van der Waals surface area contributed by atoms with E-state index in [1.165, 1.54) is 5.56 Å². The Balaban J connectivity index is 0.000000771. The van der Waals surface area contributed by atoms with Gasteiger partial charge in [-0.1, -0.05) is 63.2 Å². The van der Waals surface area contributed by atoms with E-state index in [2.05, 4.69) is 37.3 Å². The summed E-state index contributed by atoms with van der Waals surface area (Å²) in [6, 6.07) is 18.3. The van der Waals surface area contributed by atoms with E-state index in [1.54, 1.807) is 0 Å². The average molecular weight is 237 g/mol. The number of hydrogen-bond donors (Lipinski definition) is 0. The predicted octanol–water partition coefficient (Wildman–Crippen LogP) is 4.81. The fourth-order valence-electron chi connectivity index (χ4n) is 1.75. The molecule has 2 aromatic carbocycles. The number of nitrogens with zero attached hydrogens (tertiary/aromatic N) is 1. The number of hydrogen-bond acceptors (Lipinski definition) is 1. The van der Waals surface area contributed by atoms with Gasteiger partial charge in [0.2, 0.25) is 0 Å². The molecule has 0 bridgehead atoms. The lowest BCUT2D eigenvalue weighted by molar-refractivity contribution is 1.14. The second kappa shape index (κ2) is 7.29. The number of rotatable bonds is 2. The monoisotopic (exact) mass is 237 g/mol. The van der Waals surface area contributed by atoms with Crippen molar-refractivity contribution in [3.63, 3.8) is 0 Å². The van der Waals surface area contributed by atoms with Gasteiger partial charge in [0.1, 0.15) is 0 Å². The first-order valence-electron chi connectivity index (χ1n) is 6.43. The standard InChI is InChI=1S/C15H13N.C2H6/c1-2-12-7-9-13(10-8-12)15-6-4-3-5-14(15)11-16;1-2/h3-10H,2H2,1H3;1-2H3. The van der Waals surface area contributed by atoms with Crippen LogP contribution in [-0.2, 0) is 6.42 Å². The van der Waals surface area contributed by atoms with Crippen molar-refractivity contribution in [3.05, 3.63) is 59.7 Å². The summed E-state index contributed by atoms with van der Waals surface area (Å²) in [5.41, 5.74) is 4.16. The third-order valence-electron chi connectivity index (χ3n) is 2.72.